The van der Waals surface area contributed by atoms with Crippen LogP contribution in [0.3, 0.4) is 0 Å². The van der Waals surface area contributed by atoms with Gasteiger partial charge in [0.1, 0.15) is 5.58 Å². The maximum absolute atomic E-state index is 13.7. The van der Waals surface area contributed by atoms with Gasteiger partial charge in [-0.15, -0.1) is 0 Å². The molecule has 0 saturated carbocycles. The minimum atomic E-state index is -0.272. The fraction of sp³-hybridized carbons (Fsp3) is 0.156. The van der Waals surface area contributed by atoms with Crippen LogP contribution < -0.4 is 5.56 Å². The summed E-state index contributed by atoms with van der Waals surface area (Å²) in [5, 5.41) is 6.59. The van der Waals surface area contributed by atoms with Crippen molar-refractivity contribution in [2.45, 2.75) is 34.1 Å². The van der Waals surface area contributed by atoms with E-state index < -0.39 is 0 Å². The molecular weight excluding hydrogens is 508 g/mol. The highest BCUT2D eigenvalue weighted by molar-refractivity contribution is 6.31. The van der Waals surface area contributed by atoms with Crippen LogP contribution in [0.5, 0.6) is 0 Å². The third kappa shape index (κ3) is 4.27. The minimum Gasteiger partial charge on any atom is -0.453 e. The summed E-state index contributed by atoms with van der Waals surface area (Å²) in [5.41, 5.74) is 7.70. The van der Waals surface area contributed by atoms with E-state index in [2.05, 4.69) is 61.6 Å². The molecule has 7 heteroatoms. The predicted octanol–water partition coefficient (Wildman–Crippen LogP) is 7.62. The summed E-state index contributed by atoms with van der Waals surface area (Å²) >= 11 is 6.19. The number of nitrogens with zero attached hydrogens (tertiary/aromatic N) is 4. The van der Waals surface area contributed by atoms with E-state index >= 15 is 0 Å². The molecule has 0 N–H and O–H groups in total. The lowest BCUT2D eigenvalue weighted by Crippen LogP contribution is -2.20. The van der Waals surface area contributed by atoms with Gasteiger partial charge in [-0.1, -0.05) is 48.9 Å². The molecule has 0 fully saturated rings. The van der Waals surface area contributed by atoms with Gasteiger partial charge in [-0.3, -0.25) is 4.79 Å². The number of aromatic nitrogens is 3. The fourth-order valence-electron chi connectivity index (χ4n) is 5.22. The molecule has 3 aromatic heterocycles. The first-order chi connectivity index (χ1) is 18.9. The van der Waals surface area contributed by atoms with Crippen LogP contribution in [0, 0.1) is 20.8 Å². The van der Waals surface area contributed by atoms with Gasteiger partial charge in [0.05, 0.1) is 22.8 Å². The van der Waals surface area contributed by atoms with Gasteiger partial charge in [-0.2, -0.15) is 9.78 Å². The Balaban J connectivity index is 1.52. The number of para-hydroxylation sites is 2. The van der Waals surface area contributed by atoms with Gasteiger partial charge in [-0.25, -0.2) is 4.98 Å². The van der Waals surface area contributed by atoms with Crippen molar-refractivity contribution in [3.05, 3.63) is 116 Å². The molecule has 194 valence electrons. The normalized spacial score (nSPS) is 11.8. The van der Waals surface area contributed by atoms with Crippen LogP contribution in [-0.4, -0.2) is 20.4 Å². The zero-order valence-electron chi connectivity index (χ0n) is 22.2. The van der Waals surface area contributed by atoms with Gasteiger partial charge < -0.3 is 8.98 Å². The standard InChI is InChI=1S/C32H27ClN4O2/c1-5-22-10-8-9-19(2)30(22)36-20(3)15-24(21(36)4)18-34-37-31(35-27-12-7-6-11-26(27)32(37)38)29-17-23-16-25(33)13-14-28(23)39-29/h6-18H,5H2,1-4H3. The van der Waals surface area contributed by atoms with Crippen molar-refractivity contribution in [1.82, 2.24) is 14.2 Å². The number of benzene rings is 3. The van der Waals surface area contributed by atoms with Crippen molar-refractivity contribution in [1.29, 1.82) is 0 Å². The second kappa shape index (κ2) is 9.71. The van der Waals surface area contributed by atoms with Crippen LogP contribution >= 0.6 is 11.6 Å². The lowest BCUT2D eigenvalue weighted by Gasteiger charge is -2.17. The molecule has 0 aliphatic heterocycles. The van der Waals surface area contributed by atoms with E-state index in [0.29, 0.717) is 33.1 Å². The number of halogens is 1. The summed E-state index contributed by atoms with van der Waals surface area (Å²) in [6.45, 7) is 8.46. The number of fused-ring (bicyclic) bond motifs is 2. The summed E-state index contributed by atoms with van der Waals surface area (Å²) < 4.78 is 9.67. The highest BCUT2D eigenvalue weighted by Gasteiger charge is 2.18. The van der Waals surface area contributed by atoms with E-state index in [1.165, 1.54) is 21.5 Å². The van der Waals surface area contributed by atoms with Crippen LogP contribution in [0.1, 0.15) is 35.0 Å². The molecule has 0 radical (unpaired) electrons. The lowest BCUT2D eigenvalue weighted by molar-refractivity contribution is 0.616. The molecule has 0 spiro atoms. The van der Waals surface area contributed by atoms with E-state index in [-0.39, 0.29) is 5.56 Å². The van der Waals surface area contributed by atoms with Crippen molar-refractivity contribution < 1.29 is 4.42 Å². The van der Waals surface area contributed by atoms with Crippen LogP contribution in [0.25, 0.3) is 39.1 Å². The highest BCUT2D eigenvalue weighted by Crippen LogP contribution is 2.30. The molecule has 0 amide bonds. The molecule has 0 saturated heterocycles. The summed E-state index contributed by atoms with van der Waals surface area (Å²) in [6.07, 6.45) is 2.66. The molecule has 0 aliphatic rings. The van der Waals surface area contributed by atoms with E-state index in [9.17, 15) is 4.79 Å². The average molecular weight is 535 g/mol. The zero-order chi connectivity index (χ0) is 27.3. The van der Waals surface area contributed by atoms with Crippen LogP contribution in [0.4, 0.5) is 0 Å². The fourth-order valence-corrected chi connectivity index (χ4v) is 5.40. The smallest absolute Gasteiger partial charge is 0.282 e. The number of hydrogen-bond acceptors (Lipinski definition) is 4. The highest BCUT2D eigenvalue weighted by atomic mass is 35.5. The summed E-state index contributed by atoms with van der Waals surface area (Å²) in [6, 6.07) is 23.0. The first-order valence-electron chi connectivity index (χ1n) is 12.9. The molecule has 0 aliphatic carbocycles. The molecule has 6 nitrogen and oxygen atoms in total. The molecule has 0 bridgehead atoms. The lowest BCUT2D eigenvalue weighted by atomic mass is 10.1. The Bertz CT molecular complexity index is 1980. The predicted molar refractivity (Wildman–Crippen MR) is 159 cm³/mol. The molecule has 0 atom stereocenters. The number of furan rings is 1. The largest absolute Gasteiger partial charge is 0.453 e. The van der Waals surface area contributed by atoms with Crippen LogP contribution in [-0.2, 0) is 6.42 Å². The maximum atomic E-state index is 13.7. The van der Waals surface area contributed by atoms with Crippen molar-refractivity contribution in [2.24, 2.45) is 5.10 Å². The van der Waals surface area contributed by atoms with Gasteiger partial charge in [0.15, 0.2) is 5.76 Å². The first-order valence-corrected chi connectivity index (χ1v) is 13.3. The topological polar surface area (TPSA) is 65.3 Å². The van der Waals surface area contributed by atoms with Crippen molar-refractivity contribution >= 4 is 39.7 Å². The third-order valence-electron chi connectivity index (χ3n) is 7.16. The van der Waals surface area contributed by atoms with E-state index in [1.807, 2.05) is 30.3 Å². The molecule has 39 heavy (non-hydrogen) atoms. The minimum absolute atomic E-state index is 0.272. The van der Waals surface area contributed by atoms with Crippen LogP contribution in [0.15, 0.2) is 87.1 Å². The SMILES string of the molecule is CCc1cccc(C)c1-n1c(C)cc(C=Nn2c(-c3cc4cc(Cl)ccc4o3)nc3ccccc3c2=O)c1C. The van der Waals surface area contributed by atoms with E-state index in [0.717, 1.165) is 28.8 Å². The third-order valence-corrected chi connectivity index (χ3v) is 7.40. The Morgan fingerprint density at radius 1 is 1.00 bits per heavy atom. The van der Waals surface area contributed by atoms with Gasteiger partial charge in [0.25, 0.3) is 5.56 Å². The van der Waals surface area contributed by atoms with Crippen LogP contribution in [0.2, 0.25) is 5.02 Å². The first kappa shape index (κ1) is 24.9. The van der Waals surface area contributed by atoms with Gasteiger partial charge in [-0.05, 0) is 80.8 Å². The Hall–Kier alpha value is -4.42. The maximum Gasteiger partial charge on any atom is 0.282 e. The summed E-state index contributed by atoms with van der Waals surface area (Å²) in [4.78, 5) is 18.4. The Morgan fingerprint density at radius 3 is 2.64 bits per heavy atom. The molecule has 3 aromatic carbocycles. The molecule has 6 aromatic rings. The monoisotopic (exact) mass is 534 g/mol. The number of rotatable bonds is 5. The molecule has 3 heterocycles. The van der Waals surface area contributed by atoms with Crippen molar-refractivity contribution in [3.63, 3.8) is 0 Å². The molecule has 6 rings (SSSR count). The Kier molecular flexibility index (Phi) is 6.20. The molecule has 0 unspecified atom stereocenters. The van der Waals surface area contributed by atoms with Crippen molar-refractivity contribution in [2.75, 3.05) is 0 Å². The number of aryl methyl sites for hydroxylation is 3. The van der Waals surface area contributed by atoms with Gasteiger partial charge >= 0.3 is 0 Å². The van der Waals surface area contributed by atoms with Gasteiger partial charge in [0.2, 0.25) is 5.82 Å². The summed E-state index contributed by atoms with van der Waals surface area (Å²) in [5.74, 6) is 0.758. The zero-order valence-corrected chi connectivity index (χ0v) is 23.0. The van der Waals surface area contributed by atoms with E-state index in [1.54, 1.807) is 24.4 Å². The second-order valence-corrected chi connectivity index (χ2v) is 10.1. The summed E-state index contributed by atoms with van der Waals surface area (Å²) in [7, 11) is 0. The quantitative estimate of drug-likeness (QED) is 0.214. The van der Waals surface area contributed by atoms with E-state index in [4.69, 9.17) is 21.0 Å². The van der Waals surface area contributed by atoms with Crippen molar-refractivity contribution in [3.8, 4) is 17.3 Å². The average Bonchev–Trinajstić information content (AvgIpc) is 3.47. The molecular formula is C32H27ClN4O2. The Labute approximate surface area is 230 Å². The number of hydrogen-bond donors (Lipinski definition) is 0. The Morgan fingerprint density at radius 2 is 1.82 bits per heavy atom. The second-order valence-electron chi connectivity index (χ2n) is 9.70. The van der Waals surface area contributed by atoms with Gasteiger partial charge in [0, 0.05) is 27.4 Å².